The minimum Gasteiger partial charge on any atom is -0.432 e. The lowest BCUT2D eigenvalue weighted by atomic mass is 10.0. The lowest BCUT2D eigenvalue weighted by Gasteiger charge is -2.34. The highest BCUT2D eigenvalue weighted by Crippen LogP contribution is 2.31. The molecule has 4 heterocycles. The maximum Gasteiger partial charge on any atom is 0.510 e. The van der Waals surface area contributed by atoms with E-state index in [0.29, 0.717) is 22.9 Å². The summed E-state index contributed by atoms with van der Waals surface area (Å²) in [5.74, 6) is 0.886. The smallest absolute Gasteiger partial charge is 0.432 e. The van der Waals surface area contributed by atoms with Crippen LogP contribution in [0.3, 0.4) is 0 Å². The van der Waals surface area contributed by atoms with Gasteiger partial charge in [0.2, 0.25) is 12.1 Å². The van der Waals surface area contributed by atoms with E-state index in [2.05, 4.69) is 30.8 Å². The minimum absolute atomic E-state index is 0.0109. The van der Waals surface area contributed by atoms with Crippen molar-refractivity contribution >= 4 is 17.9 Å². The molecular weight excluding hydrogens is 538 g/mol. The molecule has 0 saturated carbocycles. The second-order valence-corrected chi connectivity index (χ2v) is 10.5. The van der Waals surface area contributed by atoms with Gasteiger partial charge in [0.1, 0.15) is 11.5 Å². The van der Waals surface area contributed by atoms with E-state index >= 15 is 0 Å². The van der Waals surface area contributed by atoms with E-state index in [1.165, 1.54) is 4.80 Å². The summed E-state index contributed by atoms with van der Waals surface area (Å²) in [4.78, 5) is 33.4. The van der Waals surface area contributed by atoms with E-state index in [1.54, 1.807) is 44.9 Å². The summed E-state index contributed by atoms with van der Waals surface area (Å²) in [7, 11) is 1.78. The monoisotopic (exact) mass is 573 g/mol. The van der Waals surface area contributed by atoms with Crippen molar-refractivity contribution in [2.45, 2.75) is 58.9 Å². The molecule has 2 atom stereocenters. The van der Waals surface area contributed by atoms with Crippen LogP contribution in [0, 0.1) is 6.92 Å². The highest BCUT2D eigenvalue weighted by Gasteiger charge is 2.30. The van der Waals surface area contributed by atoms with E-state index < -0.39 is 12.4 Å². The summed E-state index contributed by atoms with van der Waals surface area (Å²) in [6.45, 7) is 8.72. The maximum atomic E-state index is 13.9. The van der Waals surface area contributed by atoms with Gasteiger partial charge in [-0.1, -0.05) is 18.2 Å². The predicted octanol–water partition coefficient (Wildman–Crippen LogP) is 3.92. The number of nitrogens with one attached hydrogen (secondary N) is 1. The lowest BCUT2D eigenvalue weighted by molar-refractivity contribution is -0.0197. The van der Waals surface area contributed by atoms with Crippen molar-refractivity contribution in [3.05, 3.63) is 59.9 Å². The average Bonchev–Trinajstić information content (AvgIpc) is 3.61. The third kappa shape index (κ3) is 6.15. The third-order valence-corrected chi connectivity index (χ3v) is 7.01. The molecule has 3 aromatic heterocycles. The molecule has 1 fully saturated rings. The fraction of sp³-hybridized carbons (Fsp3) is 0.414. The fourth-order valence-electron chi connectivity index (χ4n) is 4.94. The standard InChI is InChI=1S/C29H35N9O4/c1-18(2)41-29(40)42-20(4)38-34-26(33-35-38)25-24(17-32-36(25)5)21-10-12-22(13-11-21)28(39)37(23-9-7-14-30-16-23)27-19(3)8-6-15-31-27/h6,8,10-13,15,17-18,20,23,30H,7,9,14,16H2,1-5H3. The Morgan fingerprint density at radius 1 is 1.12 bits per heavy atom. The van der Waals surface area contributed by atoms with Crippen molar-refractivity contribution < 1.29 is 19.1 Å². The molecule has 4 aromatic rings. The Bertz CT molecular complexity index is 1540. The van der Waals surface area contributed by atoms with Crippen LogP contribution in [0.5, 0.6) is 0 Å². The van der Waals surface area contributed by atoms with Crippen LogP contribution in [-0.4, -0.2) is 72.3 Å². The van der Waals surface area contributed by atoms with Crippen LogP contribution in [0.15, 0.2) is 48.8 Å². The van der Waals surface area contributed by atoms with Gasteiger partial charge in [-0.15, -0.1) is 15.0 Å². The number of hydrogen-bond donors (Lipinski definition) is 1. The molecule has 5 rings (SSSR count). The first kappa shape index (κ1) is 28.9. The van der Waals surface area contributed by atoms with E-state index in [-0.39, 0.29) is 18.1 Å². The maximum absolute atomic E-state index is 13.9. The summed E-state index contributed by atoms with van der Waals surface area (Å²) >= 11 is 0. The number of pyridine rings is 1. The number of piperidine rings is 1. The van der Waals surface area contributed by atoms with Crippen molar-refractivity contribution in [1.29, 1.82) is 0 Å². The summed E-state index contributed by atoms with van der Waals surface area (Å²) in [6, 6.07) is 11.3. The number of anilines is 1. The van der Waals surface area contributed by atoms with Crippen LogP contribution in [0.2, 0.25) is 0 Å². The molecule has 1 aliphatic heterocycles. The van der Waals surface area contributed by atoms with Gasteiger partial charge in [-0.3, -0.25) is 14.4 Å². The third-order valence-electron chi connectivity index (χ3n) is 7.01. The molecule has 13 nitrogen and oxygen atoms in total. The van der Waals surface area contributed by atoms with E-state index in [1.807, 2.05) is 48.2 Å². The van der Waals surface area contributed by atoms with Crippen molar-refractivity contribution in [3.63, 3.8) is 0 Å². The molecule has 1 aliphatic rings. The molecule has 1 aromatic carbocycles. The Hall–Kier alpha value is -4.65. The predicted molar refractivity (Wildman–Crippen MR) is 155 cm³/mol. The second-order valence-electron chi connectivity index (χ2n) is 10.5. The number of aryl methyl sites for hydroxylation is 2. The molecule has 1 saturated heterocycles. The molecule has 2 unspecified atom stereocenters. The first-order chi connectivity index (χ1) is 20.2. The zero-order chi connectivity index (χ0) is 29.8. The Labute approximate surface area is 243 Å². The van der Waals surface area contributed by atoms with E-state index in [9.17, 15) is 9.59 Å². The normalized spacial score (nSPS) is 15.8. The molecular formula is C29H35N9O4. The van der Waals surface area contributed by atoms with E-state index in [0.717, 1.165) is 42.6 Å². The van der Waals surface area contributed by atoms with Gasteiger partial charge in [0, 0.05) is 30.9 Å². The second kappa shape index (κ2) is 12.5. The summed E-state index contributed by atoms with van der Waals surface area (Å²) in [6.07, 6.45) is 3.38. The number of amides is 1. The van der Waals surface area contributed by atoms with Gasteiger partial charge in [0.15, 0.2) is 0 Å². The zero-order valence-corrected chi connectivity index (χ0v) is 24.4. The molecule has 13 heteroatoms. The van der Waals surface area contributed by atoms with Crippen molar-refractivity contribution in [2.24, 2.45) is 7.05 Å². The molecule has 220 valence electrons. The van der Waals surface area contributed by atoms with Crippen molar-refractivity contribution in [1.82, 2.24) is 40.3 Å². The first-order valence-electron chi connectivity index (χ1n) is 14.0. The van der Waals surface area contributed by atoms with Crippen molar-refractivity contribution in [3.8, 4) is 22.6 Å². The molecule has 0 bridgehead atoms. The summed E-state index contributed by atoms with van der Waals surface area (Å²) in [5, 5.41) is 20.5. The molecule has 42 heavy (non-hydrogen) atoms. The van der Waals surface area contributed by atoms with Crippen LogP contribution < -0.4 is 10.2 Å². The number of ether oxygens (including phenoxy) is 2. The number of carbonyl (C=O) groups excluding carboxylic acids is 2. The van der Waals surface area contributed by atoms with Gasteiger partial charge in [-0.25, -0.2) is 9.78 Å². The molecule has 0 aliphatic carbocycles. The van der Waals surface area contributed by atoms with Gasteiger partial charge in [0.05, 0.1) is 18.3 Å². The van der Waals surface area contributed by atoms with Crippen molar-refractivity contribution in [2.75, 3.05) is 18.0 Å². The summed E-state index contributed by atoms with van der Waals surface area (Å²) in [5.41, 5.74) is 3.72. The van der Waals surface area contributed by atoms with Crippen LogP contribution in [-0.2, 0) is 16.5 Å². The SMILES string of the molecule is Cc1cccnc1N(C(=O)c1ccc(-c2cnn(C)c2-c2nnn(C(C)OC(=O)OC(C)C)n2)cc1)C1CCCNC1. The Morgan fingerprint density at radius 2 is 1.90 bits per heavy atom. The number of benzene rings is 1. The molecule has 0 radical (unpaired) electrons. The largest absolute Gasteiger partial charge is 0.510 e. The zero-order valence-electron chi connectivity index (χ0n) is 24.4. The van der Waals surface area contributed by atoms with Crippen LogP contribution >= 0.6 is 0 Å². The Morgan fingerprint density at radius 3 is 2.60 bits per heavy atom. The quantitative estimate of drug-likeness (QED) is 0.308. The molecule has 1 amide bonds. The van der Waals surface area contributed by atoms with Crippen LogP contribution in [0.1, 0.15) is 55.8 Å². The highest BCUT2D eigenvalue weighted by molar-refractivity contribution is 6.06. The van der Waals surface area contributed by atoms with E-state index in [4.69, 9.17) is 9.47 Å². The number of rotatable bonds is 8. The van der Waals surface area contributed by atoms with Gasteiger partial charge in [0.25, 0.3) is 5.91 Å². The number of hydrogen-bond acceptors (Lipinski definition) is 10. The lowest BCUT2D eigenvalue weighted by Crippen LogP contribution is -2.49. The topological polar surface area (TPSA) is 142 Å². The van der Waals surface area contributed by atoms with Gasteiger partial charge >= 0.3 is 6.16 Å². The highest BCUT2D eigenvalue weighted by atomic mass is 16.7. The minimum atomic E-state index is -0.829. The number of tetrazole rings is 1. The average molecular weight is 574 g/mol. The Kier molecular flexibility index (Phi) is 8.57. The van der Waals surface area contributed by atoms with Gasteiger partial charge < -0.3 is 14.8 Å². The Balaban J connectivity index is 1.39. The number of nitrogens with zero attached hydrogens (tertiary/aromatic N) is 8. The number of aromatic nitrogens is 7. The van der Waals surface area contributed by atoms with Gasteiger partial charge in [-0.2, -0.15) is 5.10 Å². The fourth-order valence-corrected chi connectivity index (χ4v) is 4.94. The first-order valence-corrected chi connectivity index (χ1v) is 14.0. The number of carbonyl (C=O) groups is 2. The van der Waals surface area contributed by atoms with Crippen LogP contribution in [0.25, 0.3) is 22.6 Å². The molecule has 1 N–H and O–H groups in total. The van der Waals surface area contributed by atoms with Gasteiger partial charge in [-0.05, 0) is 81.6 Å². The van der Waals surface area contributed by atoms with Crippen LogP contribution in [0.4, 0.5) is 10.6 Å². The summed E-state index contributed by atoms with van der Waals surface area (Å²) < 4.78 is 11.9. The molecule has 0 spiro atoms.